The van der Waals surface area contributed by atoms with E-state index in [1.54, 1.807) is 0 Å². The van der Waals surface area contributed by atoms with Gasteiger partial charge in [0.15, 0.2) is 6.10 Å². The first-order valence-corrected chi connectivity index (χ1v) is 25.9. The second kappa shape index (κ2) is 46.5. The van der Waals surface area contributed by atoms with Gasteiger partial charge in [-0.05, 0) is 25.2 Å². The smallest absolute Gasteiger partial charge is 0.306 e. The summed E-state index contributed by atoms with van der Waals surface area (Å²) in [5.41, 5.74) is 0. The minimum atomic E-state index is -0.761. The predicted octanol–water partition coefficient (Wildman–Crippen LogP) is 16.7. The van der Waals surface area contributed by atoms with Gasteiger partial charge >= 0.3 is 17.9 Å². The molecule has 0 amide bonds. The third-order valence-corrected chi connectivity index (χ3v) is 12.2. The minimum absolute atomic E-state index is 0.0638. The standard InChI is InChI=1S/C52H100O6/c1-5-8-10-12-14-16-18-20-21-22-23-25-27-29-31-36-40-44-51(54)57-47-49(58-52(55)45-41-37-33-32-34-38-42-48(4)7-3)46-56-50(53)43-39-35-30-28-26-24-19-17-15-13-11-9-6-2/h48-49H,5-47H2,1-4H3/t48?,49-/m0/s1. The van der Waals surface area contributed by atoms with Crippen LogP contribution in [-0.2, 0) is 28.6 Å². The highest BCUT2D eigenvalue weighted by molar-refractivity contribution is 5.71. The van der Waals surface area contributed by atoms with E-state index < -0.39 is 6.10 Å². The highest BCUT2D eigenvalue weighted by Crippen LogP contribution is 2.17. The monoisotopic (exact) mass is 821 g/mol. The van der Waals surface area contributed by atoms with Gasteiger partial charge in [-0.1, -0.05) is 252 Å². The van der Waals surface area contributed by atoms with E-state index in [1.807, 2.05) is 0 Å². The second-order valence-corrected chi connectivity index (χ2v) is 18.1. The summed E-state index contributed by atoms with van der Waals surface area (Å²) in [6.45, 7) is 9.00. The molecule has 0 fully saturated rings. The van der Waals surface area contributed by atoms with Gasteiger partial charge in [-0.2, -0.15) is 0 Å². The molecule has 0 saturated heterocycles. The minimum Gasteiger partial charge on any atom is -0.462 e. The van der Waals surface area contributed by atoms with Gasteiger partial charge in [0.25, 0.3) is 0 Å². The molecule has 0 aromatic heterocycles. The summed E-state index contributed by atoms with van der Waals surface area (Å²) in [5, 5.41) is 0. The maximum atomic E-state index is 12.7. The van der Waals surface area contributed by atoms with Crippen LogP contribution in [0.5, 0.6) is 0 Å². The lowest BCUT2D eigenvalue weighted by atomic mass is 10.00. The van der Waals surface area contributed by atoms with Crippen LogP contribution in [0.1, 0.15) is 291 Å². The molecule has 0 radical (unpaired) electrons. The zero-order valence-electron chi connectivity index (χ0n) is 39.5. The van der Waals surface area contributed by atoms with E-state index in [9.17, 15) is 14.4 Å². The quantitative estimate of drug-likeness (QED) is 0.0346. The van der Waals surface area contributed by atoms with Crippen LogP contribution in [0.2, 0.25) is 0 Å². The Labute approximate surface area is 361 Å². The molecule has 2 atom stereocenters. The van der Waals surface area contributed by atoms with Crippen molar-refractivity contribution in [3.63, 3.8) is 0 Å². The summed E-state index contributed by atoms with van der Waals surface area (Å²) in [6, 6.07) is 0. The summed E-state index contributed by atoms with van der Waals surface area (Å²) in [7, 11) is 0. The van der Waals surface area contributed by atoms with Crippen LogP contribution < -0.4 is 0 Å². The van der Waals surface area contributed by atoms with E-state index in [0.717, 1.165) is 63.7 Å². The summed E-state index contributed by atoms with van der Waals surface area (Å²) >= 11 is 0. The first-order chi connectivity index (χ1) is 28.4. The number of esters is 3. The fourth-order valence-corrected chi connectivity index (χ4v) is 7.83. The van der Waals surface area contributed by atoms with Gasteiger partial charge in [0.2, 0.25) is 0 Å². The number of hydrogen-bond donors (Lipinski definition) is 0. The summed E-state index contributed by atoms with van der Waals surface area (Å²) in [5.74, 6) is -0.0384. The first kappa shape index (κ1) is 56.4. The zero-order chi connectivity index (χ0) is 42.4. The lowest BCUT2D eigenvalue weighted by molar-refractivity contribution is -0.167. The molecule has 0 aromatic rings. The van der Waals surface area contributed by atoms with E-state index in [4.69, 9.17) is 14.2 Å². The fraction of sp³-hybridized carbons (Fsp3) is 0.942. The maximum absolute atomic E-state index is 12.7. The Balaban J connectivity index is 4.26. The van der Waals surface area contributed by atoms with Gasteiger partial charge in [0.1, 0.15) is 13.2 Å². The van der Waals surface area contributed by atoms with E-state index in [-0.39, 0.29) is 31.1 Å². The average molecular weight is 821 g/mol. The van der Waals surface area contributed by atoms with Crippen molar-refractivity contribution in [1.29, 1.82) is 0 Å². The van der Waals surface area contributed by atoms with Crippen molar-refractivity contribution < 1.29 is 28.6 Å². The lowest BCUT2D eigenvalue weighted by Crippen LogP contribution is -2.30. The van der Waals surface area contributed by atoms with Crippen LogP contribution in [-0.4, -0.2) is 37.2 Å². The van der Waals surface area contributed by atoms with E-state index in [0.29, 0.717) is 19.3 Å². The molecule has 344 valence electrons. The van der Waals surface area contributed by atoms with Gasteiger partial charge < -0.3 is 14.2 Å². The SMILES string of the molecule is CCCCCCCCCCCCCCCCCCCC(=O)OC[C@H](COC(=O)CCCCCCCCCCCCCCC)OC(=O)CCCCCCCCC(C)CC. The highest BCUT2D eigenvalue weighted by atomic mass is 16.6. The molecule has 0 spiro atoms. The molecule has 58 heavy (non-hydrogen) atoms. The third kappa shape index (κ3) is 44.0. The molecule has 0 heterocycles. The Bertz CT molecular complexity index is 874. The van der Waals surface area contributed by atoms with Crippen LogP contribution in [0.4, 0.5) is 0 Å². The molecule has 0 aliphatic carbocycles. The van der Waals surface area contributed by atoms with Crippen LogP contribution in [0.25, 0.3) is 0 Å². The normalized spacial score (nSPS) is 12.4. The first-order valence-electron chi connectivity index (χ1n) is 25.9. The lowest BCUT2D eigenvalue weighted by Gasteiger charge is -2.18. The number of carbonyl (C=O) groups is 3. The molecule has 0 rings (SSSR count). The van der Waals surface area contributed by atoms with Crippen molar-refractivity contribution in [1.82, 2.24) is 0 Å². The van der Waals surface area contributed by atoms with Crippen LogP contribution in [0.3, 0.4) is 0 Å². The van der Waals surface area contributed by atoms with Gasteiger partial charge in [0, 0.05) is 19.3 Å². The number of ether oxygens (including phenoxy) is 3. The summed E-state index contributed by atoms with van der Waals surface area (Å²) in [6.07, 6.45) is 48.0. The molecular weight excluding hydrogens is 721 g/mol. The van der Waals surface area contributed by atoms with Crippen molar-refractivity contribution >= 4 is 17.9 Å². The predicted molar refractivity (Wildman–Crippen MR) is 247 cm³/mol. The summed E-state index contributed by atoms with van der Waals surface area (Å²) in [4.78, 5) is 37.9. The van der Waals surface area contributed by atoms with Crippen molar-refractivity contribution in [3.05, 3.63) is 0 Å². The van der Waals surface area contributed by atoms with Crippen LogP contribution >= 0.6 is 0 Å². The number of rotatable bonds is 47. The maximum Gasteiger partial charge on any atom is 0.306 e. The Hall–Kier alpha value is -1.59. The average Bonchev–Trinajstić information content (AvgIpc) is 3.22. The highest BCUT2D eigenvalue weighted by Gasteiger charge is 2.19. The molecular formula is C52H100O6. The molecule has 0 aliphatic rings. The van der Waals surface area contributed by atoms with Crippen LogP contribution in [0.15, 0.2) is 0 Å². The number of carbonyl (C=O) groups excluding carboxylic acids is 3. The Kier molecular flexibility index (Phi) is 45.2. The van der Waals surface area contributed by atoms with E-state index in [2.05, 4.69) is 27.7 Å². The molecule has 6 nitrogen and oxygen atoms in total. The third-order valence-electron chi connectivity index (χ3n) is 12.2. The summed E-state index contributed by atoms with van der Waals surface area (Å²) < 4.78 is 16.8. The zero-order valence-corrected chi connectivity index (χ0v) is 39.5. The molecule has 0 bridgehead atoms. The van der Waals surface area contributed by atoms with Gasteiger partial charge in [0.05, 0.1) is 0 Å². The fourth-order valence-electron chi connectivity index (χ4n) is 7.83. The topological polar surface area (TPSA) is 78.9 Å². The van der Waals surface area contributed by atoms with Gasteiger partial charge in [-0.25, -0.2) is 0 Å². The molecule has 1 unspecified atom stereocenters. The Morgan fingerprint density at radius 3 is 0.897 bits per heavy atom. The van der Waals surface area contributed by atoms with Crippen molar-refractivity contribution in [3.8, 4) is 0 Å². The van der Waals surface area contributed by atoms with Crippen molar-refractivity contribution in [2.45, 2.75) is 297 Å². The molecule has 0 aromatic carbocycles. The largest absolute Gasteiger partial charge is 0.462 e. The molecule has 0 saturated carbocycles. The molecule has 6 heteroatoms. The van der Waals surface area contributed by atoms with Crippen molar-refractivity contribution in [2.24, 2.45) is 5.92 Å². The van der Waals surface area contributed by atoms with Gasteiger partial charge in [-0.3, -0.25) is 14.4 Å². The Morgan fingerprint density at radius 2 is 0.603 bits per heavy atom. The molecule has 0 aliphatic heterocycles. The second-order valence-electron chi connectivity index (χ2n) is 18.1. The number of unbranched alkanes of at least 4 members (excludes halogenated alkanes) is 33. The van der Waals surface area contributed by atoms with E-state index >= 15 is 0 Å². The van der Waals surface area contributed by atoms with Crippen LogP contribution in [0, 0.1) is 5.92 Å². The number of hydrogen-bond acceptors (Lipinski definition) is 6. The van der Waals surface area contributed by atoms with E-state index in [1.165, 1.54) is 186 Å². The Morgan fingerprint density at radius 1 is 0.345 bits per heavy atom. The van der Waals surface area contributed by atoms with Crippen molar-refractivity contribution in [2.75, 3.05) is 13.2 Å². The van der Waals surface area contributed by atoms with Gasteiger partial charge in [-0.15, -0.1) is 0 Å². The molecule has 0 N–H and O–H groups in total.